The third-order valence-corrected chi connectivity index (χ3v) is 3.80. The molecule has 1 saturated heterocycles. The molecule has 1 aromatic carbocycles. The van der Waals surface area contributed by atoms with Crippen molar-refractivity contribution in [2.45, 2.75) is 30.7 Å². The van der Waals surface area contributed by atoms with Gasteiger partial charge in [0.05, 0.1) is 6.61 Å². The van der Waals surface area contributed by atoms with Crippen LogP contribution in [0.1, 0.15) is 20.7 Å². The van der Waals surface area contributed by atoms with Crippen LogP contribution in [-0.2, 0) is 4.74 Å². The number of fused-ring (bicyclic) bond motifs is 1. The first-order valence-electron chi connectivity index (χ1n) is 7.35. The molecule has 25 heavy (non-hydrogen) atoms. The third kappa shape index (κ3) is 3.93. The number of aliphatic hydroxyl groups excluding tert-OH is 6. The summed E-state index contributed by atoms with van der Waals surface area (Å²) < 4.78 is 4.58. The van der Waals surface area contributed by atoms with Crippen LogP contribution in [0.2, 0.25) is 0 Å². The van der Waals surface area contributed by atoms with Crippen LogP contribution in [0.15, 0.2) is 36.1 Å². The highest BCUT2D eigenvalue weighted by Gasteiger charge is 2.42. The highest BCUT2D eigenvalue weighted by Crippen LogP contribution is 2.20. The van der Waals surface area contributed by atoms with Crippen LogP contribution in [0, 0.1) is 0 Å². The molecule has 0 unspecified atom stereocenters. The first-order chi connectivity index (χ1) is 11.8. The SMILES string of the molecule is O=C1C=C(O)C(=O)c2ccccc21.OC[C@H]1O[C@@H](O)[C@H](O)[C@@H](O)[C@@H]1O. The summed E-state index contributed by atoms with van der Waals surface area (Å²) in [6.45, 7) is -0.526. The molecule has 1 heterocycles. The van der Waals surface area contributed by atoms with Gasteiger partial charge in [0.2, 0.25) is 5.78 Å². The van der Waals surface area contributed by atoms with Gasteiger partial charge in [-0.05, 0) is 0 Å². The lowest BCUT2D eigenvalue weighted by Crippen LogP contribution is -2.58. The molecule has 1 aliphatic heterocycles. The Balaban J connectivity index is 0.000000181. The van der Waals surface area contributed by atoms with Crippen molar-refractivity contribution in [3.63, 3.8) is 0 Å². The van der Waals surface area contributed by atoms with E-state index < -0.39 is 48.9 Å². The van der Waals surface area contributed by atoms with Crippen molar-refractivity contribution >= 4 is 11.6 Å². The van der Waals surface area contributed by atoms with E-state index in [1.54, 1.807) is 18.2 Å². The molecule has 6 N–H and O–H groups in total. The van der Waals surface area contributed by atoms with Crippen LogP contribution in [0.5, 0.6) is 0 Å². The van der Waals surface area contributed by atoms with Gasteiger partial charge in [-0.25, -0.2) is 0 Å². The number of hydrogen-bond acceptors (Lipinski definition) is 9. The lowest BCUT2D eigenvalue weighted by molar-refractivity contribution is -0.286. The fraction of sp³-hybridized carbons (Fsp3) is 0.375. The summed E-state index contributed by atoms with van der Waals surface area (Å²) in [5, 5.41) is 53.7. The Morgan fingerprint density at radius 3 is 2.12 bits per heavy atom. The lowest BCUT2D eigenvalue weighted by atomic mass is 9.94. The molecule has 0 bridgehead atoms. The van der Waals surface area contributed by atoms with E-state index >= 15 is 0 Å². The third-order valence-electron chi connectivity index (χ3n) is 3.80. The average Bonchev–Trinajstić information content (AvgIpc) is 2.61. The lowest BCUT2D eigenvalue weighted by Gasteiger charge is -2.37. The second kappa shape index (κ2) is 7.83. The van der Waals surface area contributed by atoms with Gasteiger partial charge in [0.15, 0.2) is 17.8 Å². The van der Waals surface area contributed by atoms with Crippen molar-refractivity contribution in [3.05, 3.63) is 47.2 Å². The van der Waals surface area contributed by atoms with Crippen LogP contribution in [0.25, 0.3) is 0 Å². The molecule has 9 nitrogen and oxygen atoms in total. The molecule has 0 aromatic heterocycles. The summed E-state index contributed by atoms with van der Waals surface area (Å²) >= 11 is 0. The maximum absolute atomic E-state index is 11.3. The quantitative estimate of drug-likeness (QED) is 0.344. The summed E-state index contributed by atoms with van der Waals surface area (Å²) in [5.41, 5.74) is 0.623. The second-order valence-electron chi connectivity index (χ2n) is 5.49. The van der Waals surface area contributed by atoms with Crippen molar-refractivity contribution in [1.82, 2.24) is 0 Å². The van der Waals surface area contributed by atoms with Gasteiger partial charge in [-0.15, -0.1) is 0 Å². The van der Waals surface area contributed by atoms with Gasteiger partial charge in [0.1, 0.15) is 24.4 Å². The molecule has 0 amide bonds. The maximum Gasteiger partial charge on any atom is 0.228 e. The van der Waals surface area contributed by atoms with Crippen LogP contribution < -0.4 is 0 Å². The van der Waals surface area contributed by atoms with Gasteiger partial charge < -0.3 is 35.4 Å². The molecule has 0 saturated carbocycles. The molecular formula is C16H18O9. The molecule has 9 heteroatoms. The Kier molecular flexibility index (Phi) is 6.01. The number of benzene rings is 1. The van der Waals surface area contributed by atoms with E-state index in [0.717, 1.165) is 6.08 Å². The van der Waals surface area contributed by atoms with E-state index in [0.29, 0.717) is 5.56 Å². The van der Waals surface area contributed by atoms with Crippen molar-refractivity contribution in [2.75, 3.05) is 6.61 Å². The fourth-order valence-electron chi connectivity index (χ4n) is 2.38. The molecule has 0 spiro atoms. The van der Waals surface area contributed by atoms with E-state index in [-0.39, 0.29) is 11.3 Å². The van der Waals surface area contributed by atoms with Crippen molar-refractivity contribution in [3.8, 4) is 0 Å². The predicted octanol–water partition coefficient (Wildman–Crippen LogP) is -1.71. The number of hydrogen-bond donors (Lipinski definition) is 6. The molecule has 2 aliphatic rings. The summed E-state index contributed by atoms with van der Waals surface area (Å²) in [4.78, 5) is 22.5. The Labute approximate surface area is 142 Å². The van der Waals surface area contributed by atoms with Gasteiger partial charge in [-0.2, -0.15) is 0 Å². The monoisotopic (exact) mass is 354 g/mol. The average molecular weight is 354 g/mol. The van der Waals surface area contributed by atoms with E-state index in [1.165, 1.54) is 6.07 Å². The number of ketones is 2. The summed E-state index contributed by atoms with van der Waals surface area (Å²) in [7, 11) is 0. The second-order valence-corrected chi connectivity index (χ2v) is 5.49. The fourth-order valence-corrected chi connectivity index (χ4v) is 2.38. The highest BCUT2D eigenvalue weighted by molar-refractivity contribution is 6.23. The van der Waals surface area contributed by atoms with E-state index in [1.807, 2.05) is 0 Å². The number of carbonyl (C=O) groups excluding carboxylic acids is 2. The first-order valence-corrected chi connectivity index (χ1v) is 7.35. The van der Waals surface area contributed by atoms with Crippen molar-refractivity contribution in [2.24, 2.45) is 0 Å². The standard InChI is InChI=1S/C10H6O3.C6H12O6/c11-8-5-9(12)10(13)7-4-2-1-3-6(7)8;7-1-2-3(8)4(9)5(10)6(11)12-2/h1-5,12H;2-11H,1H2/t;2-,3-,4+,5-,6-/m.1/s1. The minimum absolute atomic E-state index is 0.271. The van der Waals surface area contributed by atoms with Gasteiger partial charge in [0, 0.05) is 17.2 Å². The van der Waals surface area contributed by atoms with E-state index in [9.17, 15) is 9.59 Å². The number of carbonyl (C=O) groups is 2. The minimum Gasteiger partial charge on any atom is -0.504 e. The topological polar surface area (TPSA) is 165 Å². The zero-order valence-electron chi connectivity index (χ0n) is 12.9. The molecule has 1 fully saturated rings. The normalized spacial score (nSPS) is 31.6. The minimum atomic E-state index is -1.57. The molecule has 0 radical (unpaired) electrons. The number of allylic oxidation sites excluding steroid dienone is 2. The molecular weight excluding hydrogens is 336 g/mol. The van der Waals surface area contributed by atoms with Gasteiger partial charge in [-0.3, -0.25) is 9.59 Å². The maximum atomic E-state index is 11.3. The zero-order chi connectivity index (χ0) is 18.7. The summed E-state index contributed by atoms with van der Waals surface area (Å²) in [6, 6.07) is 6.43. The van der Waals surface area contributed by atoms with Crippen LogP contribution >= 0.6 is 0 Å². The smallest absolute Gasteiger partial charge is 0.228 e. The van der Waals surface area contributed by atoms with Gasteiger partial charge in [0.25, 0.3) is 0 Å². The largest absolute Gasteiger partial charge is 0.504 e. The number of Topliss-reactive ketones (excluding diaryl/α,β-unsaturated/α-hetero) is 1. The molecule has 3 rings (SSSR count). The Morgan fingerprint density at radius 2 is 1.52 bits per heavy atom. The molecule has 136 valence electrons. The Bertz CT molecular complexity index is 679. The summed E-state index contributed by atoms with van der Waals surface area (Å²) in [6.07, 6.45) is -6.09. The number of ether oxygens (including phenoxy) is 1. The van der Waals surface area contributed by atoms with Crippen molar-refractivity contribution in [1.29, 1.82) is 0 Å². The Morgan fingerprint density at radius 1 is 0.920 bits per heavy atom. The summed E-state index contributed by atoms with van der Waals surface area (Å²) in [5.74, 6) is -1.30. The highest BCUT2D eigenvalue weighted by atomic mass is 16.6. The predicted molar refractivity (Wildman–Crippen MR) is 81.8 cm³/mol. The van der Waals surface area contributed by atoms with E-state index in [4.69, 9.17) is 30.6 Å². The molecule has 1 aromatic rings. The van der Waals surface area contributed by atoms with E-state index in [2.05, 4.69) is 4.74 Å². The Hall–Kier alpha value is -2.14. The van der Waals surface area contributed by atoms with Crippen LogP contribution in [-0.4, -0.2) is 79.5 Å². The molecule has 1 aliphatic carbocycles. The van der Waals surface area contributed by atoms with Crippen LogP contribution in [0.4, 0.5) is 0 Å². The van der Waals surface area contributed by atoms with Gasteiger partial charge >= 0.3 is 0 Å². The first kappa shape index (κ1) is 19.2. The number of aliphatic hydroxyl groups is 6. The number of rotatable bonds is 1. The van der Waals surface area contributed by atoms with Crippen LogP contribution in [0.3, 0.4) is 0 Å². The zero-order valence-corrected chi connectivity index (χ0v) is 12.9. The van der Waals surface area contributed by atoms with Crippen molar-refractivity contribution < 1.29 is 45.0 Å². The van der Waals surface area contributed by atoms with Gasteiger partial charge in [-0.1, -0.05) is 24.3 Å². The molecule has 5 atom stereocenters.